The summed E-state index contributed by atoms with van der Waals surface area (Å²) in [5, 5.41) is 5.61. The van der Waals surface area contributed by atoms with Crippen LogP contribution < -0.4 is 10.6 Å². The van der Waals surface area contributed by atoms with E-state index in [-0.39, 0.29) is 11.6 Å². The summed E-state index contributed by atoms with van der Waals surface area (Å²) >= 11 is 0. The number of ether oxygens (including phenoxy) is 1. The van der Waals surface area contributed by atoms with E-state index >= 15 is 0 Å². The first-order valence-corrected chi connectivity index (χ1v) is 6.39. The molecule has 5 heteroatoms. The zero-order chi connectivity index (χ0) is 15.1. The molecule has 0 aliphatic heterocycles. The summed E-state index contributed by atoms with van der Waals surface area (Å²) in [6.45, 7) is 6.22. The van der Waals surface area contributed by atoms with Crippen LogP contribution in [0.4, 0.5) is 5.69 Å². The lowest BCUT2D eigenvalue weighted by atomic mass is 10.1. The zero-order valence-corrected chi connectivity index (χ0v) is 12.2. The summed E-state index contributed by atoms with van der Waals surface area (Å²) in [7, 11) is 1.27. The zero-order valence-electron chi connectivity index (χ0n) is 12.2. The minimum absolute atomic E-state index is 0.156. The third-order valence-electron chi connectivity index (χ3n) is 2.55. The number of benzene rings is 1. The summed E-state index contributed by atoms with van der Waals surface area (Å²) < 4.78 is 4.56. The molecule has 0 bridgehead atoms. The molecule has 0 aliphatic carbocycles. The van der Waals surface area contributed by atoms with Gasteiger partial charge in [-0.3, -0.25) is 4.79 Å². The second-order valence-electron chi connectivity index (χ2n) is 4.44. The van der Waals surface area contributed by atoms with Crippen LogP contribution in [0.1, 0.15) is 18.1 Å². The fraction of sp³-hybridized carbons (Fsp3) is 0.333. The van der Waals surface area contributed by atoms with Crippen molar-refractivity contribution < 1.29 is 14.3 Å². The Morgan fingerprint density at radius 3 is 2.30 bits per heavy atom. The number of nitrogens with one attached hydrogen (secondary N) is 2. The molecule has 1 amide bonds. The number of carbonyl (C=O) groups excluding carboxylic acids is 2. The van der Waals surface area contributed by atoms with Gasteiger partial charge in [0.15, 0.2) is 0 Å². The maximum absolute atomic E-state index is 11.9. The average Bonchev–Trinajstić information content (AvgIpc) is 2.36. The second-order valence-corrected chi connectivity index (χ2v) is 4.44. The Labute approximate surface area is 119 Å². The molecule has 0 heterocycles. The van der Waals surface area contributed by atoms with Crippen LogP contribution in [0.15, 0.2) is 30.0 Å². The molecule has 0 fully saturated rings. The summed E-state index contributed by atoms with van der Waals surface area (Å²) in [5.74, 6) is -0.930. The molecule has 0 saturated heterocycles. The van der Waals surface area contributed by atoms with Crippen LogP contribution in [0.5, 0.6) is 0 Å². The van der Waals surface area contributed by atoms with Gasteiger partial charge in [-0.05, 0) is 44.0 Å². The highest BCUT2D eigenvalue weighted by Gasteiger charge is 2.11. The second kappa shape index (κ2) is 7.33. The Hall–Kier alpha value is -2.30. The molecular formula is C15H20N2O3. The van der Waals surface area contributed by atoms with Gasteiger partial charge < -0.3 is 15.4 Å². The number of esters is 1. The van der Waals surface area contributed by atoms with Crippen molar-refractivity contribution in [1.82, 2.24) is 5.32 Å². The van der Waals surface area contributed by atoms with Gasteiger partial charge in [0.2, 0.25) is 0 Å². The number of hydrogen-bond donors (Lipinski definition) is 2. The van der Waals surface area contributed by atoms with Crippen LogP contribution in [0.3, 0.4) is 0 Å². The summed E-state index contributed by atoms with van der Waals surface area (Å²) in [4.78, 5) is 23.3. The number of likely N-dealkylation sites (N-methyl/N-ethyl adjacent to an activating group) is 1. The molecule has 20 heavy (non-hydrogen) atoms. The molecule has 0 aromatic heterocycles. The highest BCUT2D eigenvalue weighted by molar-refractivity contribution is 6.01. The number of anilines is 1. The van der Waals surface area contributed by atoms with E-state index in [1.54, 1.807) is 0 Å². The number of amides is 1. The van der Waals surface area contributed by atoms with Crippen LogP contribution in [-0.2, 0) is 14.3 Å². The van der Waals surface area contributed by atoms with E-state index in [9.17, 15) is 9.59 Å². The van der Waals surface area contributed by atoms with Gasteiger partial charge in [0.05, 0.1) is 13.2 Å². The van der Waals surface area contributed by atoms with E-state index in [4.69, 9.17) is 0 Å². The molecule has 0 saturated carbocycles. The first-order chi connectivity index (χ1) is 9.46. The van der Waals surface area contributed by atoms with Crippen LogP contribution >= 0.6 is 0 Å². The van der Waals surface area contributed by atoms with Crippen LogP contribution in [0.2, 0.25) is 0 Å². The normalized spacial score (nSPS) is 10.9. The van der Waals surface area contributed by atoms with Gasteiger partial charge in [0.1, 0.15) is 5.70 Å². The molecule has 0 atom stereocenters. The van der Waals surface area contributed by atoms with Gasteiger partial charge in [-0.2, -0.15) is 0 Å². The molecule has 0 unspecified atom stereocenters. The molecule has 0 aliphatic rings. The first-order valence-electron chi connectivity index (χ1n) is 6.39. The van der Waals surface area contributed by atoms with E-state index in [1.165, 1.54) is 7.11 Å². The van der Waals surface area contributed by atoms with Crippen molar-refractivity contribution >= 4 is 17.6 Å². The van der Waals surface area contributed by atoms with Gasteiger partial charge >= 0.3 is 5.97 Å². The predicted molar refractivity (Wildman–Crippen MR) is 78.3 cm³/mol. The van der Waals surface area contributed by atoms with E-state index in [1.807, 2.05) is 39.0 Å². The standard InChI is InChI=1S/C15H20N2O3/c1-5-16-15(19)13(9-14(18)20-4)17-12-7-10(2)6-11(3)8-12/h6-9,17H,5H2,1-4H3,(H,16,19)/b13-9-. The molecular weight excluding hydrogens is 256 g/mol. The number of aryl methyl sites for hydroxylation is 2. The highest BCUT2D eigenvalue weighted by atomic mass is 16.5. The van der Waals surface area contributed by atoms with Crippen molar-refractivity contribution in [3.05, 3.63) is 41.1 Å². The molecule has 2 N–H and O–H groups in total. The maximum atomic E-state index is 11.9. The van der Waals surface area contributed by atoms with Crippen LogP contribution in [0, 0.1) is 13.8 Å². The Morgan fingerprint density at radius 1 is 1.20 bits per heavy atom. The Morgan fingerprint density at radius 2 is 1.80 bits per heavy atom. The number of hydrogen-bond acceptors (Lipinski definition) is 4. The Kier molecular flexibility index (Phi) is 5.77. The van der Waals surface area contributed by atoms with E-state index in [2.05, 4.69) is 15.4 Å². The maximum Gasteiger partial charge on any atom is 0.332 e. The lowest BCUT2D eigenvalue weighted by Crippen LogP contribution is -2.28. The molecule has 0 radical (unpaired) electrons. The molecule has 1 rings (SSSR count). The minimum Gasteiger partial charge on any atom is -0.466 e. The van der Waals surface area contributed by atoms with E-state index < -0.39 is 5.97 Å². The van der Waals surface area contributed by atoms with Crippen molar-refractivity contribution in [1.29, 1.82) is 0 Å². The number of rotatable bonds is 5. The number of methoxy groups -OCH3 is 1. The topological polar surface area (TPSA) is 67.4 Å². The van der Waals surface area contributed by atoms with Crippen molar-refractivity contribution in [2.75, 3.05) is 19.0 Å². The van der Waals surface area contributed by atoms with Crippen LogP contribution in [0.25, 0.3) is 0 Å². The predicted octanol–water partition coefficient (Wildman–Crippen LogP) is 1.91. The Balaban J connectivity index is 3.02. The van der Waals surface area contributed by atoms with E-state index in [0.717, 1.165) is 22.9 Å². The smallest absolute Gasteiger partial charge is 0.332 e. The lowest BCUT2D eigenvalue weighted by Gasteiger charge is -2.12. The lowest BCUT2D eigenvalue weighted by molar-refractivity contribution is -0.135. The molecule has 0 spiro atoms. The van der Waals surface area contributed by atoms with Gasteiger partial charge in [-0.15, -0.1) is 0 Å². The molecule has 5 nitrogen and oxygen atoms in total. The first kappa shape index (κ1) is 15.8. The quantitative estimate of drug-likeness (QED) is 0.637. The van der Waals surface area contributed by atoms with Gasteiger partial charge in [-0.25, -0.2) is 4.79 Å². The van der Waals surface area contributed by atoms with Crippen molar-refractivity contribution in [2.24, 2.45) is 0 Å². The highest BCUT2D eigenvalue weighted by Crippen LogP contribution is 2.16. The molecule has 1 aromatic carbocycles. The number of carbonyl (C=O) groups is 2. The van der Waals surface area contributed by atoms with Crippen molar-refractivity contribution in [3.8, 4) is 0 Å². The SMILES string of the molecule is CCNC(=O)/C(=C/C(=O)OC)Nc1cc(C)cc(C)c1. The average molecular weight is 276 g/mol. The largest absolute Gasteiger partial charge is 0.466 e. The Bertz CT molecular complexity index is 516. The van der Waals surface area contributed by atoms with E-state index in [0.29, 0.717) is 6.54 Å². The van der Waals surface area contributed by atoms with Crippen molar-refractivity contribution in [3.63, 3.8) is 0 Å². The summed E-state index contributed by atoms with van der Waals surface area (Å²) in [5.41, 5.74) is 3.05. The molecule has 1 aromatic rings. The van der Waals surface area contributed by atoms with Gasteiger partial charge in [0, 0.05) is 12.2 Å². The van der Waals surface area contributed by atoms with Crippen LogP contribution in [-0.4, -0.2) is 25.5 Å². The third-order valence-corrected chi connectivity index (χ3v) is 2.55. The molecule has 108 valence electrons. The fourth-order valence-corrected chi connectivity index (χ4v) is 1.79. The monoisotopic (exact) mass is 276 g/mol. The minimum atomic E-state index is -0.580. The van der Waals surface area contributed by atoms with Gasteiger partial charge in [-0.1, -0.05) is 6.07 Å². The fourth-order valence-electron chi connectivity index (χ4n) is 1.79. The third kappa shape index (κ3) is 4.76. The summed E-state index contributed by atoms with van der Waals surface area (Å²) in [6, 6.07) is 5.83. The van der Waals surface area contributed by atoms with Crippen molar-refractivity contribution in [2.45, 2.75) is 20.8 Å². The summed E-state index contributed by atoms with van der Waals surface area (Å²) in [6.07, 6.45) is 1.14. The van der Waals surface area contributed by atoms with Gasteiger partial charge in [0.25, 0.3) is 5.91 Å².